The maximum atomic E-state index is 12.8. The lowest BCUT2D eigenvalue weighted by atomic mass is 10.1. The standard InChI is InChI=1S/C20H19N7O/c1-12-6-3-4-9-15(12)23-20-25-16(24-19(21)26-20)10-27-11-22-17-13(2)7-5-8-14(17)18(27)28/h3-9,11H,10H2,1-2H3,(H3,21,23,24,25,26). The molecule has 0 bridgehead atoms. The van der Waals surface area contributed by atoms with Crippen molar-refractivity contribution in [3.63, 3.8) is 0 Å². The molecule has 2 heterocycles. The number of nitrogen functional groups attached to an aromatic ring is 1. The van der Waals surface area contributed by atoms with Crippen LogP contribution in [0, 0.1) is 13.8 Å². The normalized spacial score (nSPS) is 10.9. The summed E-state index contributed by atoms with van der Waals surface area (Å²) >= 11 is 0. The summed E-state index contributed by atoms with van der Waals surface area (Å²) in [6.07, 6.45) is 1.51. The molecule has 0 aliphatic carbocycles. The molecule has 2 aromatic carbocycles. The van der Waals surface area contributed by atoms with Gasteiger partial charge < -0.3 is 11.1 Å². The highest BCUT2D eigenvalue weighted by molar-refractivity contribution is 5.80. The molecule has 0 saturated heterocycles. The maximum Gasteiger partial charge on any atom is 0.261 e. The van der Waals surface area contributed by atoms with E-state index < -0.39 is 0 Å². The van der Waals surface area contributed by atoms with Crippen LogP contribution in [0.3, 0.4) is 0 Å². The Morgan fingerprint density at radius 2 is 1.79 bits per heavy atom. The monoisotopic (exact) mass is 373 g/mol. The van der Waals surface area contributed by atoms with Crippen LogP contribution in [0.4, 0.5) is 17.6 Å². The molecule has 3 N–H and O–H groups in total. The van der Waals surface area contributed by atoms with Gasteiger partial charge in [-0.05, 0) is 37.1 Å². The Morgan fingerprint density at radius 1 is 1.00 bits per heavy atom. The zero-order chi connectivity index (χ0) is 19.7. The third kappa shape index (κ3) is 3.39. The molecule has 8 nitrogen and oxygen atoms in total. The van der Waals surface area contributed by atoms with Gasteiger partial charge in [-0.15, -0.1) is 0 Å². The Kier molecular flexibility index (Phi) is 4.44. The first-order valence-electron chi connectivity index (χ1n) is 8.79. The van der Waals surface area contributed by atoms with Gasteiger partial charge in [0.25, 0.3) is 5.56 Å². The predicted molar refractivity (Wildman–Crippen MR) is 109 cm³/mol. The molecule has 4 rings (SSSR count). The lowest BCUT2D eigenvalue weighted by Crippen LogP contribution is -2.23. The molecular weight excluding hydrogens is 354 g/mol. The first-order valence-corrected chi connectivity index (χ1v) is 8.79. The quantitative estimate of drug-likeness (QED) is 0.565. The van der Waals surface area contributed by atoms with Crippen molar-refractivity contribution in [3.8, 4) is 0 Å². The number of aromatic nitrogens is 5. The van der Waals surface area contributed by atoms with E-state index in [1.165, 1.54) is 10.9 Å². The molecule has 0 saturated carbocycles. The van der Waals surface area contributed by atoms with E-state index in [-0.39, 0.29) is 18.1 Å². The van der Waals surface area contributed by atoms with E-state index >= 15 is 0 Å². The summed E-state index contributed by atoms with van der Waals surface area (Å²) in [7, 11) is 0. The number of para-hydroxylation sites is 2. The lowest BCUT2D eigenvalue weighted by molar-refractivity contribution is 0.703. The Labute approximate surface area is 161 Å². The Balaban J connectivity index is 1.68. The van der Waals surface area contributed by atoms with Crippen molar-refractivity contribution in [2.24, 2.45) is 0 Å². The minimum absolute atomic E-state index is 0.0822. The van der Waals surface area contributed by atoms with Crippen LogP contribution >= 0.6 is 0 Å². The number of nitrogens with one attached hydrogen (secondary N) is 1. The van der Waals surface area contributed by atoms with E-state index in [0.29, 0.717) is 22.7 Å². The predicted octanol–water partition coefficient (Wildman–Crippen LogP) is 2.57. The zero-order valence-electron chi connectivity index (χ0n) is 15.5. The van der Waals surface area contributed by atoms with E-state index in [2.05, 4.69) is 25.3 Å². The highest BCUT2D eigenvalue weighted by Gasteiger charge is 2.10. The summed E-state index contributed by atoms with van der Waals surface area (Å²) in [4.78, 5) is 29.9. The fourth-order valence-corrected chi connectivity index (χ4v) is 3.00. The van der Waals surface area contributed by atoms with Crippen molar-refractivity contribution in [1.29, 1.82) is 0 Å². The Hall–Kier alpha value is -3.81. The smallest absolute Gasteiger partial charge is 0.261 e. The number of benzene rings is 2. The average molecular weight is 373 g/mol. The fourth-order valence-electron chi connectivity index (χ4n) is 3.00. The summed E-state index contributed by atoms with van der Waals surface area (Å²) in [5, 5.41) is 3.70. The summed E-state index contributed by atoms with van der Waals surface area (Å²) < 4.78 is 1.47. The molecule has 0 aliphatic heterocycles. The third-order valence-electron chi connectivity index (χ3n) is 4.46. The lowest BCUT2D eigenvalue weighted by Gasteiger charge is -2.10. The molecule has 0 fully saturated rings. The van der Waals surface area contributed by atoms with Crippen molar-refractivity contribution < 1.29 is 0 Å². The van der Waals surface area contributed by atoms with Crippen LogP contribution in [0.1, 0.15) is 17.0 Å². The van der Waals surface area contributed by atoms with Gasteiger partial charge in [-0.1, -0.05) is 30.3 Å². The summed E-state index contributed by atoms with van der Waals surface area (Å²) in [5.74, 6) is 0.785. The van der Waals surface area contributed by atoms with Crippen LogP contribution in [-0.4, -0.2) is 24.5 Å². The van der Waals surface area contributed by atoms with Gasteiger partial charge in [0.1, 0.15) is 0 Å². The number of aryl methyl sites for hydroxylation is 2. The molecule has 0 spiro atoms. The molecule has 0 unspecified atom stereocenters. The molecule has 2 aromatic heterocycles. The number of nitrogens with zero attached hydrogens (tertiary/aromatic N) is 5. The topological polar surface area (TPSA) is 112 Å². The van der Waals surface area contributed by atoms with E-state index in [1.54, 1.807) is 6.07 Å². The van der Waals surface area contributed by atoms with Crippen LogP contribution in [0.15, 0.2) is 53.6 Å². The van der Waals surface area contributed by atoms with Crippen LogP contribution in [0.2, 0.25) is 0 Å². The van der Waals surface area contributed by atoms with E-state index in [4.69, 9.17) is 5.73 Å². The van der Waals surface area contributed by atoms with Gasteiger partial charge >= 0.3 is 0 Å². The largest absolute Gasteiger partial charge is 0.368 e. The van der Waals surface area contributed by atoms with Crippen LogP contribution in [0.5, 0.6) is 0 Å². The minimum Gasteiger partial charge on any atom is -0.368 e. The van der Waals surface area contributed by atoms with Crippen molar-refractivity contribution >= 4 is 28.5 Å². The zero-order valence-corrected chi connectivity index (χ0v) is 15.5. The van der Waals surface area contributed by atoms with Crippen molar-refractivity contribution in [2.75, 3.05) is 11.1 Å². The number of fused-ring (bicyclic) bond motifs is 1. The molecule has 0 amide bonds. The fraction of sp³-hybridized carbons (Fsp3) is 0.150. The number of hydrogen-bond acceptors (Lipinski definition) is 7. The molecule has 4 aromatic rings. The molecular formula is C20H19N7O. The van der Waals surface area contributed by atoms with Gasteiger partial charge in [0.05, 0.1) is 23.8 Å². The van der Waals surface area contributed by atoms with Crippen LogP contribution < -0.4 is 16.6 Å². The van der Waals surface area contributed by atoms with Gasteiger partial charge in [0, 0.05) is 5.69 Å². The highest BCUT2D eigenvalue weighted by atomic mass is 16.1. The number of rotatable bonds is 4. The second kappa shape index (κ2) is 7.07. The molecule has 0 atom stereocenters. The Morgan fingerprint density at radius 3 is 2.61 bits per heavy atom. The first kappa shape index (κ1) is 17.6. The summed E-state index contributed by atoms with van der Waals surface area (Å²) in [6.45, 7) is 4.05. The van der Waals surface area contributed by atoms with E-state index in [1.807, 2.05) is 50.2 Å². The van der Waals surface area contributed by atoms with Gasteiger partial charge in [-0.2, -0.15) is 15.0 Å². The van der Waals surface area contributed by atoms with Crippen molar-refractivity contribution in [2.45, 2.75) is 20.4 Å². The van der Waals surface area contributed by atoms with Crippen LogP contribution in [0.25, 0.3) is 10.9 Å². The molecule has 0 radical (unpaired) electrons. The van der Waals surface area contributed by atoms with Gasteiger partial charge in [0.2, 0.25) is 11.9 Å². The average Bonchev–Trinajstić information content (AvgIpc) is 2.66. The van der Waals surface area contributed by atoms with Gasteiger partial charge in [-0.3, -0.25) is 9.36 Å². The van der Waals surface area contributed by atoms with E-state index in [9.17, 15) is 4.79 Å². The molecule has 0 aliphatic rings. The second-order valence-electron chi connectivity index (χ2n) is 6.52. The number of anilines is 3. The molecule has 28 heavy (non-hydrogen) atoms. The maximum absolute atomic E-state index is 12.8. The molecule has 140 valence electrons. The highest BCUT2D eigenvalue weighted by Crippen LogP contribution is 2.18. The SMILES string of the molecule is Cc1ccccc1Nc1nc(N)nc(Cn2cnc3c(C)cccc3c2=O)n1. The Bertz CT molecular complexity index is 1230. The van der Waals surface area contributed by atoms with Gasteiger partial charge in [-0.25, -0.2) is 4.98 Å². The minimum atomic E-state index is -0.152. The first-order chi connectivity index (χ1) is 13.5. The third-order valence-corrected chi connectivity index (χ3v) is 4.46. The van der Waals surface area contributed by atoms with Gasteiger partial charge in [0.15, 0.2) is 5.82 Å². The van der Waals surface area contributed by atoms with Crippen molar-refractivity contribution in [1.82, 2.24) is 24.5 Å². The van der Waals surface area contributed by atoms with Crippen molar-refractivity contribution in [3.05, 3.63) is 76.1 Å². The van der Waals surface area contributed by atoms with E-state index in [0.717, 1.165) is 16.8 Å². The summed E-state index contributed by atoms with van der Waals surface area (Å²) in [6, 6.07) is 13.3. The van der Waals surface area contributed by atoms with Crippen LogP contribution in [-0.2, 0) is 6.54 Å². The summed E-state index contributed by atoms with van der Waals surface area (Å²) in [5.41, 5.74) is 9.27. The number of hydrogen-bond donors (Lipinski definition) is 2. The second-order valence-corrected chi connectivity index (χ2v) is 6.52. The number of nitrogens with two attached hydrogens (primary N) is 1. The molecule has 8 heteroatoms.